The van der Waals surface area contributed by atoms with Crippen LogP contribution >= 0.6 is 24.2 Å². The standard InChI is InChI=1S/C14H17N3OS.ClH/c1-10-2-4-11(5-3-10)14-16-13(18-17-14)8-12-9-19-7-6-15-12;/h2-5,12,15H,6-9H2,1H3;1H. The average Bonchev–Trinajstić information content (AvgIpc) is 2.89. The van der Waals surface area contributed by atoms with Crippen molar-refractivity contribution < 1.29 is 4.52 Å². The van der Waals surface area contributed by atoms with Gasteiger partial charge in [0.2, 0.25) is 11.7 Å². The van der Waals surface area contributed by atoms with E-state index in [4.69, 9.17) is 4.52 Å². The van der Waals surface area contributed by atoms with Gasteiger partial charge >= 0.3 is 0 Å². The predicted molar refractivity (Wildman–Crippen MR) is 84.5 cm³/mol. The molecule has 1 aromatic carbocycles. The Kier molecular flexibility index (Phi) is 5.46. The summed E-state index contributed by atoms with van der Waals surface area (Å²) in [6, 6.07) is 8.62. The second-order valence-electron chi connectivity index (χ2n) is 4.81. The van der Waals surface area contributed by atoms with Crippen molar-refractivity contribution in [3.8, 4) is 11.4 Å². The Hall–Kier alpha value is -1.04. The summed E-state index contributed by atoms with van der Waals surface area (Å²) in [5.74, 6) is 3.70. The van der Waals surface area contributed by atoms with Crippen molar-refractivity contribution in [2.24, 2.45) is 0 Å². The molecule has 1 atom stereocenters. The molecule has 1 saturated heterocycles. The molecule has 3 rings (SSSR count). The lowest BCUT2D eigenvalue weighted by molar-refractivity contribution is 0.363. The third-order valence-corrected chi connectivity index (χ3v) is 4.33. The van der Waals surface area contributed by atoms with Crippen LogP contribution in [0.4, 0.5) is 0 Å². The lowest BCUT2D eigenvalue weighted by Gasteiger charge is -2.21. The molecule has 0 radical (unpaired) electrons. The Balaban J connectivity index is 0.00000147. The van der Waals surface area contributed by atoms with Crippen LogP contribution in [0.3, 0.4) is 0 Å². The maximum atomic E-state index is 5.34. The summed E-state index contributed by atoms with van der Waals surface area (Å²) in [4.78, 5) is 4.48. The smallest absolute Gasteiger partial charge is 0.228 e. The summed E-state index contributed by atoms with van der Waals surface area (Å²) in [6.07, 6.45) is 0.811. The lowest BCUT2D eigenvalue weighted by atomic mass is 10.1. The van der Waals surface area contributed by atoms with Crippen LogP contribution in [-0.2, 0) is 6.42 Å². The van der Waals surface area contributed by atoms with Crippen molar-refractivity contribution in [1.29, 1.82) is 0 Å². The van der Waals surface area contributed by atoms with E-state index in [1.54, 1.807) is 0 Å². The monoisotopic (exact) mass is 311 g/mol. The molecule has 1 N–H and O–H groups in total. The van der Waals surface area contributed by atoms with Gasteiger partial charge in [-0.1, -0.05) is 35.0 Å². The largest absolute Gasteiger partial charge is 0.339 e. The molecule has 1 aliphatic heterocycles. The van der Waals surface area contributed by atoms with Gasteiger partial charge in [0.15, 0.2) is 0 Å². The van der Waals surface area contributed by atoms with Crippen LogP contribution in [-0.4, -0.2) is 34.2 Å². The third kappa shape index (κ3) is 3.75. The van der Waals surface area contributed by atoms with Crippen LogP contribution < -0.4 is 5.32 Å². The van der Waals surface area contributed by atoms with Crippen LogP contribution in [0.1, 0.15) is 11.5 Å². The van der Waals surface area contributed by atoms with E-state index in [1.807, 2.05) is 23.9 Å². The Morgan fingerprint density at radius 3 is 2.85 bits per heavy atom. The molecule has 0 amide bonds. The van der Waals surface area contributed by atoms with Crippen molar-refractivity contribution in [3.63, 3.8) is 0 Å². The van der Waals surface area contributed by atoms with Gasteiger partial charge in [0.25, 0.3) is 0 Å². The van der Waals surface area contributed by atoms with Crippen LogP contribution in [0.15, 0.2) is 28.8 Å². The van der Waals surface area contributed by atoms with E-state index in [-0.39, 0.29) is 12.4 Å². The topological polar surface area (TPSA) is 51.0 Å². The summed E-state index contributed by atoms with van der Waals surface area (Å²) in [5, 5.41) is 7.54. The molecule has 0 aliphatic carbocycles. The molecule has 2 heterocycles. The summed E-state index contributed by atoms with van der Waals surface area (Å²) in [5.41, 5.74) is 2.24. The normalized spacial score (nSPS) is 18.6. The number of hydrogen-bond acceptors (Lipinski definition) is 5. The molecule has 0 saturated carbocycles. The van der Waals surface area contributed by atoms with E-state index in [1.165, 1.54) is 11.3 Å². The Morgan fingerprint density at radius 1 is 1.35 bits per heavy atom. The summed E-state index contributed by atoms with van der Waals surface area (Å²) in [6.45, 7) is 3.13. The van der Waals surface area contributed by atoms with Crippen LogP contribution in [0.25, 0.3) is 11.4 Å². The molecule has 0 spiro atoms. The van der Waals surface area contributed by atoms with E-state index in [0.717, 1.165) is 30.2 Å². The van der Waals surface area contributed by atoms with Gasteiger partial charge < -0.3 is 9.84 Å². The van der Waals surface area contributed by atoms with Gasteiger partial charge in [0.1, 0.15) is 0 Å². The molecule has 4 nitrogen and oxygen atoms in total. The van der Waals surface area contributed by atoms with Crippen molar-refractivity contribution >= 4 is 24.2 Å². The molecule has 20 heavy (non-hydrogen) atoms. The highest BCUT2D eigenvalue weighted by Crippen LogP contribution is 2.18. The second-order valence-corrected chi connectivity index (χ2v) is 5.96. The lowest BCUT2D eigenvalue weighted by Crippen LogP contribution is -2.38. The molecule has 108 valence electrons. The zero-order valence-electron chi connectivity index (χ0n) is 11.3. The van der Waals surface area contributed by atoms with Crippen LogP contribution in [0.2, 0.25) is 0 Å². The predicted octanol–water partition coefficient (Wildman–Crippen LogP) is 2.71. The summed E-state index contributed by atoms with van der Waals surface area (Å²) >= 11 is 1.97. The quantitative estimate of drug-likeness (QED) is 0.944. The first kappa shape index (κ1) is 15.4. The molecule has 2 aromatic rings. The number of nitrogens with one attached hydrogen (secondary N) is 1. The van der Waals surface area contributed by atoms with Gasteiger partial charge in [-0.3, -0.25) is 0 Å². The first-order valence-electron chi connectivity index (χ1n) is 6.52. The van der Waals surface area contributed by atoms with Crippen molar-refractivity contribution in [2.75, 3.05) is 18.1 Å². The van der Waals surface area contributed by atoms with Crippen molar-refractivity contribution in [1.82, 2.24) is 15.5 Å². The third-order valence-electron chi connectivity index (χ3n) is 3.20. The van der Waals surface area contributed by atoms with Gasteiger partial charge in [0.05, 0.1) is 0 Å². The zero-order chi connectivity index (χ0) is 13.1. The number of benzene rings is 1. The zero-order valence-corrected chi connectivity index (χ0v) is 13.0. The Labute approximate surface area is 129 Å². The average molecular weight is 312 g/mol. The fraction of sp³-hybridized carbons (Fsp3) is 0.429. The molecule has 6 heteroatoms. The summed E-state index contributed by atoms with van der Waals surface area (Å²) < 4.78 is 5.34. The number of aryl methyl sites for hydroxylation is 1. The number of hydrogen-bond donors (Lipinski definition) is 1. The number of thioether (sulfide) groups is 1. The number of halogens is 1. The molecule has 1 fully saturated rings. The Bertz CT molecular complexity index is 538. The van der Waals surface area contributed by atoms with E-state index in [9.17, 15) is 0 Å². The minimum Gasteiger partial charge on any atom is -0.339 e. The molecular formula is C14H18ClN3OS. The first-order valence-corrected chi connectivity index (χ1v) is 7.67. The van der Waals surface area contributed by atoms with E-state index < -0.39 is 0 Å². The van der Waals surface area contributed by atoms with E-state index in [2.05, 4.69) is 34.5 Å². The fourth-order valence-electron chi connectivity index (χ4n) is 2.12. The van der Waals surface area contributed by atoms with Gasteiger partial charge in [-0.15, -0.1) is 12.4 Å². The highest BCUT2D eigenvalue weighted by atomic mass is 35.5. The second kappa shape index (κ2) is 7.11. The number of nitrogens with zero attached hydrogens (tertiary/aromatic N) is 2. The maximum absolute atomic E-state index is 5.34. The van der Waals surface area contributed by atoms with E-state index in [0.29, 0.717) is 11.9 Å². The number of rotatable bonds is 3. The molecule has 1 aliphatic rings. The summed E-state index contributed by atoms with van der Waals surface area (Å²) in [7, 11) is 0. The van der Waals surface area contributed by atoms with Crippen molar-refractivity contribution in [2.45, 2.75) is 19.4 Å². The molecule has 0 bridgehead atoms. The molecule has 1 aromatic heterocycles. The fourth-order valence-corrected chi connectivity index (χ4v) is 3.07. The van der Waals surface area contributed by atoms with Crippen LogP contribution in [0, 0.1) is 6.92 Å². The Morgan fingerprint density at radius 2 is 2.15 bits per heavy atom. The highest BCUT2D eigenvalue weighted by Gasteiger charge is 2.17. The minimum absolute atomic E-state index is 0. The van der Waals surface area contributed by atoms with Gasteiger partial charge in [0, 0.05) is 36.1 Å². The minimum atomic E-state index is 0. The van der Waals surface area contributed by atoms with Gasteiger partial charge in [-0.25, -0.2) is 0 Å². The first-order chi connectivity index (χ1) is 9.31. The van der Waals surface area contributed by atoms with E-state index >= 15 is 0 Å². The highest BCUT2D eigenvalue weighted by molar-refractivity contribution is 7.99. The SMILES string of the molecule is Cc1ccc(-c2noc(CC3CSCCN3)n2)cc1.Cl. The molecular weight excluding hydrogens is 294 g/mol. The molecule has 1 unspecified atom stereocenters. The van der Waals surface area contributed by atoms with Crippen LogP contribution in [0.5, 0.6) is 0 Å². The van der Waals surface area contributed by atoms with Crippen molar-refractivity contribution in [3.05, 3.63) is 35.7 Å². The van der Waals surface area contributed by atoms with Gasteiger partial charge in [-0.2, -0.15) is 16.7 Å². The number of aromatic nitrogens is 2. The maximum Gasteiger partial charge on any atom is 0.228 e. The van der Waals surface area contributed by atoms with Gasteiger partial charge in [-0.05, 0) is 6.92 Å².